The van der Waals surface area contributed by atoms with Crippen LogP contribution in [0.25, 0.3) is 10.9 Å². The zero-order chi connectivity index (χ0) is 13.7. The number of benzene rings is 1. The van der Waals surface area contributed by atoms with Gasteiger partial charge in [0, 0.05) is 11.9 Å². The summed E-state index contributed by atoms with van der Waals surface area (Å²) >= 11 is 0. The van der Waals surface area contributed by atoms with E-state index >= 15 is 0 Å². The molecule has 0 saturated heterocycles. The van der Waals surface area contributed by atoms with E-state index in [1.54, 1.807) is 0 Å². The van der Waals surface area contributed by atoms with Crippen LogP contribution in [0.5, 0.6) is 0 Å². The second kappa shape index (κ2) is 6.15. The highest BCUT2D eigenvalue weighted by Gasteiger charge is 2.07. The number of nitrogens with two attached hydrogens (primary N) is 1. The first-order valence-corrected chi connectivity index (χ1v) is 6.26. The Morgan fingerprint density at radius 2 is 2.11 bits per heavy atom. The van der Waals surface area contributed by atoms with E-state index in [-0.39, 0.29) is 5.84 Å². The van der Waals surface area contributed by atoms with Gasteiger partial charge in [-0.25, -0.2) is 0 Å². The molecule has 0 unspecified atom stereocenters. The van der Waals surface area contributed by atoms with Gasteiger partial charge in [-0.05, 0) is 18.7 Å². The Balaban J connectivity index is 2.15. The van der Waals surface area contributed by atoms with Gasteiger partial charge in [-0.1, -0.05) is 36.3 Å². The van der Waals surface area contributed by atoms with Crippen LogP contribution in [0, 0.1) is 0 Å². The Labute approximate surface area is 112 Å². The molecule has 0 atom stereocenters. The molecular formula is C14H18N4O. The predicted molar refractivity (Wildman–Crippen MR) is 76.1 cm³/mol. The number of oxime groups is 1. The van der Waals surface area contributed by atoms with Crippen molar-refractivity contribution in [2.75, 3.05) is 13.1 Å². The SMILES string of the molecule is CCN(CC(N)=NO)Cc1ccc2ccccc2n1. The van der Waals surface area contributed by atoms with Gasteiger partial charge in [0.05, 0.1) is 17.8 Å². The van der Waals surface area contributed by atoms with E-state index in [0.717, 1.165) is 23.1 Å². The lowest BCUT2D eigenvalue weighted by molar-refractivity contribution is 0.293. The molecule has 1 heterocycles. The van der Waals surface area contributed by atoms with Crippen molar-refractivity contribution in [2.24, 2.45) is 10.9 Å². The number of hydrogen-bond donors (Lipinski definition) is 2. The molecule has 19 heavy (non-hydrogen) atoms. The number of fused-ring (bicyclic) bond motifs is 1. The van der Waals surface area contributed by atoms with Crippen molar-refractivity contribution in [3.63, 3.8) is 0 Å². The Morgan fingerprint density at radius 3 is 2.84 bits per heavy atom. The number of pyridine rings is 1. The maximum absolute atomic E-state index is 8.61. The van der Waals surface area contributed by atoms with Crippen molar-refractivity contribution >= 4 is 16.7 Å². The van der Waals surface area contributed by atoms with Gasteiger partial charge in [0.15, 0.2) is 5.84 Å². The second-order valence-electron chi connectivity index (χ2n) is 4.39. The number of hydrogen-bond acceptors (Lipinski definition) is 4. The van der Waals surface area contributed by atoms with Crippen LogP contribution >= 0.6 is 0 Å². The van der Waals surface area contributed by atoms with Crippen LogP contribution in [0.4, 0.5) is 0 Å². The number of rotatable bonds is 5. The Bertz CT molecular complexity index is 582. The maximum atomic E-state index is 8.61. The highest BCUT2D eigenvalue weighted by Crippen LogP contribution is 2.12. The molecular weight excluding hydrogens is 240 g/mol. The summed E-state index contributed by atoms with van der Waals surface area (Å²) < 4.78 is 0. The lowest BCUT2D eigenvalue weighted by Crippen LogP contribution is -2.33. The third-order valence-electron chi connectivity index (χ3n) is 3.00. The molecule has 3 N–H and O–H groups in total. The van der Waals surface area contributed by atoms with Gasteiger partial charge in [0.25, 0.3) is 0 Å². The first kappa shape index (κ1) is 13.3. The van der Waals surface area contributed by atoms with Gasteiger partial charge in [-0.15, -0.1) is 0 Å². The average Bonchev–Trinajstić information content (AvgIpc) is 2.46. The summed E-state index contributed by atoms with van der Waals surface area (Å²) in [5, 5.41) is 12.7. The van der Waals surface area contributed by atoms with Crippen LogP contribution in [0.3, 0.4) is 0 Å². The summed E-state index contributed by atoms with van der Waals surface area (Å²) in [6, 6.07) is 12.1. The van der Waals surface area contributed by atoms with Crippen LogP contribution in [0.1, 0.15) is 12.6 Å². The van der Waals surface area contributed by atoms with Gasteiger partial charge < -0.3 is 10.9 Å². The number of aromatic nitrogens is 1. The Hall–Kier alpha value is -2.14. The first-order chi connectivity index (χ1) is 9.22. The van der Waals surface area contributed by atoms with Crippen molar-refractivity contribution in [2.45, 2.75) is 13.5 Å². The molecule has 1 aromatic heterocycles. The zero-order valence-electron chi connectivity index (χ0n) is 11.0. The summed E-state index contributed by atoms with van der Waals surface area (Å²) in [7, 11) is 0. The van der Waals surface area contributed by atoms with Gasteiger partial charge in [0.1, 0.15) is 0 Å². The van der Waals surface area contributed by atoms with Gasteiger partial charge in [0.2, 0.25) is 0 Å². The van der Waals surface area contributed by atoms with Crippen molar-refractivity contribution in [1.29, 1.82) is 0 Å². The summed E-state index contributed by atoms with van der Waals surface area (Å²) in [6.07, 6.45) is 0. The molecule has 1 aromatic carbocycles. The molecule has 0 radical (unpaired) electrons. The van der Waals surface area contributed by atoms with Gasteiger partial charge >= 0.3 is 0 Å². The third kappa shape index (κ3) is 3.42. The van der Waals surface area contributed by atoms with Crippen molar-refractivity contribution < 1.29 is 5.21 Å². The van der Waals surface area contributed by atoms with Crippen LogP contribution < -0.4 is 5.73 Å². The van der Waals surface area contributed by atoms with E-state index in [0.29, 0.717) is 13.1 Å². The lowest BCUT2D eigenvalue weighted by Gasteiger charge is -2.19. The zero-order valence-corrected chi connectivity index (χ0v) is 11.0. The topological polar surface area (TPSA) is 74.7 Å². The van der Waals surface area contributed by atoms with Crippen LogP contribution in [0.2, 0.25) is 0 Å². The molecule has 5 nitrogen and oxygen atoms in total. The van der Waals surface area contributed by atoms with Crippen LogP contribution in [0.15, 0.2) is 41.6 Å². The van der Waals surface area contributed by atoms with Gasteiger partial charge in [-0.3, -0.25) is 9.88 Å². The summed E-state index contributed by atoms with van der Waals surface area (Å²) in [6.45, 7) is 3.95. The van der Waals surface area contributed by atoms with Crippen LogP contribution in [-0.2, 0) is 6.54 Å². The fourth-order valence-corrected chi connectivity index (χ4v) is 1.97. The van der Waals surface area contributed by atoms with E-state index < -0.39 is 0 Å². The van der Waals surface area contributed by atoms with Crippen molar-refractivity contribution in [3.05, 3.63) is 42.1 Å². The molecule has 0 aliphatic rings. The second-order valence-corrected chi connectivity index (χ2v) is 4.39. The highest BCUT2D eigenvalue weighted by atomic mass is 16.4. The molecule has 0 saturated carbocycles. The average molecular weight is 258 g/mol. The smallest absolute Gasteiger partial charge is 0.153 e. The molecule has 100 valence electrons. The first-order valence-electron chi connectivity index (χ1n) is 6.26. The maximum Gasteiger partial charge on any atom is 0.153 e. The number of amidine groups is 1. The standard InChI is InChI=1S/C14H18N4O/c1-2-18(10-14(15)17-19)9-12-8-7-11-5-3-4-6-13(11)16-12/h3-8,19H,2,9-10H2,1H3,(H2,15,17). The molecule has 2 rings (SSSR count). The Morgan fingerprint density at radius 1 is 1.32 bits per heavy atom. The number of nitrogens with zero attached hydrogens (tertiary/aromatic N) is 3. The monoisotopic (exact) mass is 258 g/mol. The molecule has 0 aliphatic carbocycles. The van der Waals surface area contributed by atoms with E-state index in [4.69, 9.17) is 10.9 Å². The largest absolute Gasteiger partial charge is 0.409 e. The van der Waals surface area contributed by atoms with Crippen molar-refractivity contribution in [1.82, 2.24) is 9.88 Å². The lowest BCUT2D eigenvalue weighted by atomic mass is 10.2. The van der Waals surface area contributed by atoms with Gasteiger partial charge in [-0.2, -0.15) is 0 Å². The van der Waals surface area contributed by atoms with E-state index in [1.165, 1.54) is 0 Å². The fourth-order valence-electron chi connectivity index (χ4n) is 1.97. The summed E-state index contributed by atoms with van der Waals surface area (Å²) in [5.41, 5.74) is 7.50. The minimum absolute atomic E-state index is 0.211. The van der Waals surface area contributed by atoms with Crippen molar-refractivity contribution in [3.8, 4) is 0 Å². The molecule has 0 spiro atoms. The minimum atomic E-state index is 0.211. The fraction of sp³-hybridized carbons (Fsp3) is 0.286. The van der Waals surface area contributed by atoms with E-state index in [9.17, 15) is 0 Å². The summed E-state index contributed by atoms with van der Waals surface area (Å²) in [5.74, 6) is 0.211. The molecule has 5 heteroatoms. The third-order valence-corrected chi connectivity index (χ3v) is 3.00. The predicted octanol–water partition coefficient (Wildman–Crippen LogP) is 1.80. The molecule has 0 bridgehead atoms. The Kier molecular flexibility index (Phi) is 4.30. The van der Waals surface area contributed by atoms with E-state index in [1.807, 2.05) is 37.3 Å². The highest BCUT2D eigenvalue weighted by molar-refractivity contribution is 5.81. The number of para-hydroxylation sites is 1. The molecule has 0 fully saturated rings. The molecule has 0 amide bonds. The van der Waals surface area contributed by atoms with Crippen LogP contribution in [-0.4, -0.2) is 34.0 Å². The quantitative estimate of drug-likeness (QED) is 0.371. The number of likely N-dealkylation sites (N-methyl/N-ethyl adjacent to an activating group) is 1. The molecule has 2 aromatic rings. The molecule has 0 aliphatic heterocycles. The van der Waals surface area contributed by atoms with E-state index in [2.05, 4.69) is 21.1 Å². The normalized spacial score (nSPS) is 12.2. The summed E-state index contributed by atoms with van der Waals surface area (Å²) in [4.78, 5) is 6.67. The minimum Gasteiger partial charge on any atom is -0.409 e.